The van der Waals surface area contributed by atoms with Crippen molar-refractivity contribution in [3.8, 4) is 0 Å². The number of furan rings is 1. The number of nitrogens with zero attached hydrogens (tertiary/aromatic N) is 2. The van der Waals surface area contributed by atoms with E-state index in [0.717, 1.165) is 45.0 Å². The van der Waals surface area contributed by atoms with Gasteiger partial charge in [0.05, 0.1) is 13.2 Å². The largest absolute Gasteiger partial charge is 0.461 e. The van der Waals surface area contributed by atoms with Crippen LogP contribution in [0.5, 0.6) is 0 Å². The highest BCUT2D eigenvalue weighted by Crippen LogP contribution is 2.25. The molecule has 0 unspecified atom stereocenters. The minimum Gasteiger partial charge on any atom is -0.461 e. The van der Waals surface area contributed by atoms with E-state index in [4.69, 9.17) is 13.9 Å². The molecule has 174 valence electrons. The number of benzene rings is 2. The quantitative estimate of drug-likeness (QED) is 0.432. The average Bonchev–Trinajstić information content (AvgIpc) is 3.30. The Labute approximate surface area is 195 Å². The Kier molecular flexibility index (Phi) is 8.30. The van der Waals surface area contributed by atoms with Crippen LogP contribution in [0.25, 0.3) is 0 Å². The van der Waals surface area contributed by atoms with Crippen LogP contribution in [0.4, 0.5) is 0 Å². The second-order valence-corrected chi connectivity index (χ2v) is 8.34. The lowest BCUT2D eigenvalue weighted by Crippen LogP contribution is -2.46. The lowest BCUT2D eigenvalue weighted by atomic mass is 10.0. The van der Waals surface area contributed by atoms with Gasteiger partial charge in [0.25, 0.3) is 0 Å². The first-order chi connectivity index (χ1) is 16.2. The lowest BCUT2D eigenvalue weighted by molar-refractivity contribution is -0.142. The summed E-state index contributed by atoms with van der Waals surface area (Å²) in [6.07, 6.45) is -0.0474. The fourth-order valence-corrected chi connectivity index (χ4v) is 4.09. The van der Waals surface area contributed by atoms with Crippen molar-refractivity contribution in [3.63, 3.8) is 0 Å². The first-order valence-electron chi connectivity index (χ1n) is 11.5. The van der Waals surface area contributed by atoms with E-state index in [1.807, 2.05) is 24.3 Å². The minimum absolute atomic E-state index is 0.0474. The second kappa shape index (κ2) is 11.8. The Balaban J connectivity index is 1.22. The van der Waals surface area contributed by atoms with Crippen LogP contribution in [-0.2, 0) is 27.4 Å². The van der Waals surface area contributed by atoms with E-state index in [2.05, 4.69) is 58.3 Å². The van der Waals surface area contributed by atoms with Gasteiger partial charge < -0.3 is 13.9 Å². The molecule has 0 spiro atoms. The summed E-state index contributed by atoms with van der Waals surface area (Å²) in [4.78, 5) is 15.8. The summed E-state index contributed by atoms with van der Waals surface area (Å²) < 4.78 is 17.2. The molecule has 2 heterocycles. The Morgan fingerprint density at radius 2 is 1.42 bits per heavy atom. The molecule has 0 atom stereocenters. The number of ether oxygens (including phenoxy) is 2. The SMILES string of the molecule is CC(=O)OCc1ccc(CN2CCN(CCOC(c3ccccc3)c3ccccc3)CC2)o1. The summed E-state index contributed by atoms with van der Waals surface area (Å²) in [7, 11) is 0. The average molecular weight is 449 g/mol. The summed E-state index contributed by atoms with van der Waals surface area (Å²) in [5, 5.41) is 0. The number of carbonyl (C=O) groups is 1. The molecule has 0 N–H and O–H groups in total. The van der Waals surface area contributed by atoms with Gasteiger partial charge in [-0.3, -0.25) is 14.6 Å². The molecule has 3 aromatic rings. The number of hydrogen-bond acceptors (Lipinski definition) is 6. The molecule has 0 aliphatic carbocycles. The number of carbonyl (C=O) groups excluding carboxylic acids is 1. The summed E-state index contributed by atoms with van der Waals surface area (Å²) in [6.45, 7) is 7.95. The van der Waals surface area contributed by atoms with E-state index in [1.54, 1.807) is 0 Å². The van der Waals surface area contributed by atoms with Gasteiger partial charge in [-0.2, -0.15) is 0 Å². The van der Waals surface area contributed by atoms with Crippen LogP contribution in [0.2, 0.25) is 0 Å². The number of esters is 1. The van der Waals surface area contributed by atoms with Gasteiger partial charge in [-0.1, -0.05) is 60.7 Å². The van der Waals surface area contributed by atoms with Crippen molar-refractivity contribution in [1.29, 1.82) is 0 Å². The van der Waals surface area contributed by atoms with Crippen molar-refractivity contribution < 1.29 is 18.7 Å². The van der Waals surface area contributed by atoms with Crippen molar-refractivity contribution >= 4 is 5.97 Å². The van der Waals surface area contributed by atoms with Crippen LogP contribution >= 0.6 is 0 Å². The molecule has 0 radical (unpaired) electrons. The molecule has 6 nitrogen and oxygen atoms in total. The van der Waals surface area contributed by atoms with E-state index < -0.39 is 0 Å². The fraction of sp³-hybridized carbons (Fsp3) is 0.370. The highest BCUT2D eigenvalue weighted by atomic mass is 16.5. The van der Waals surface area contributed by atoms with Gasteiger partial charge in [0.15, 0.2) is 0 Å². The monoisotopic (exact) mass is 448 g/mol. The first kappa shape index (κ1) is 23.2. The summed E-state index contributed by atoms with van der Waals surface area (Å²) >= 11 is 0. The topological polar surface area (TPSA) is 55.2 Å². The van der Waals surface area contributed by atoms with E-state index in [1.165, 1.54) is 18.1 Å². The Bertz CT molecular complexity index is 942. The van der Waals surface area contributed by atoms with Gasteiger partial charge >= 0.3 is 5.97 Å². The van der Waals surface area contributed by atoms with Gasteiger partial charge in [0, 0.05) is 39.6 Å². The van der Waals surface area contributed by atoms with Gasteiger partial charge in [-0.25, -0.2) is 0 Å². The van der Waals surface area contributed by atoms with Crippen molar-refractivity contribution in [1.82, 2.24) is 9.80 Å². The van der Waals surface area contributed by atoms with Gasteiger partial charge in [0.1, 0.15) is 24.2 Å². The molecule has 1 saturated heterocycles. The number of piperazine rings is 1. The van der Waals surface area contributed by atoms with Crippen LogP contribution in [0, 0.1) is 0 Å². The molecule has 0 saturated carbocycles. The van der Waals surface area contributed by atoms with Crippen molar-refractivity contribution in [2.24, 2.45) is 0 Å². The maximum atomic E-state index is 10.9. The van der Waals surface area contributed by atoms with Crippen molar-refractivity contribution in [2.75, 3.05) is 39.3 Å². The first-order valence-corrected chi connectivity index (χ1v) is 11.5. The van der Waals surface area contributed by atoms with Crippen LogP contribution in [0.15, 0.2) is 77.2 Å². The van der Waals surface area contributed by atoms with Crippen LogP contribution < -0.4 is 0 Å². The minimum atomic E-state index is -0.299. The molecule has 2 aromatic carbocycles. The Hall–Kier alpha value is -2.93. The van der Waals surface area contributed by atoms with E-state index in [9.17, 15) is 4.79 Å². The van der Waals surface area contributed by atoms with E-state index in [0.29, 0.717) is 12.4 Å². The molecule has 1 aromatic heterocycles. The third-order valence-corrected chi connectivity index (χ3v) is 5.88. The summed E-state index contributed by atoms with van der Waals surface area (Å²) in [5.41, 5.74) is 2.36. The lowest BCUT2D eigenvalue weighted by Gasteiger charge is -2.34. The molecule has 0 bridgehead atoms. The molecule has 33 heavy (non-hydrogen) atoms. The van der Waals surface area contributed by atoms with Gasteiger partial charge in [0.2, 0.25) is 0 Å². The van der Waals surface area contributed by atoms with Crippen molar-refractivity contribution in [2.45, 2.75) is 26.2 Å². The number of rotatable bonds is 10. The maximum Gasteiger partial charge on any atom is 0.303 e. The summed E-state index contributed by atoms with van der Waals surface area (Å²) in [6, 6.07) is 24.7. The molecule has 1 fully saturated rings. The molecule has 0 amide bonds. The highest BCUT2D eigenvalue weighted by molar-refractivity contribution is 5.65. The zero-order valence-corrected chi connectivity index (χ0v) is 19.2. The standard InChI is InChI=1S/C27H32N2O4/c1-22(30)32-21-26-13-12-25(33-26)20-29-16-14-28(15-17-29)18-19-31-27(23-8-4-2-5-9-23)24-10-6-3-7-11-24/h2-13,27H,14-21H2,1H3. The van der Waals surface area contributed by atoms with Crippen LogP contribution in [0.3, 0.4) is 0 Å². The smallest absolute Gasteiger partial charge is 0.303 e. The number of hydrogen-bond donors (Lipinski definition) is 0. The van der Waals surface area contributed by atoms with Crippen LogP contribution in [0.1, 0.15) is 35.7 Å². The fourth-order valence-electron chi connectivity index (χ4n) is 4.09. The molecular formula is C27H32N2O4. The Morgan fingerprint density at radius 1 is 0.848 bits per heavy atom. The summed E-state index contributed by atoms with van der Waals surface area (Å²) in [5.74, 6) is 1.29. The predicted octanol–water partition coefficient (Wildman–Crippen LogP) is 4.27. The highest BCUT2D eigenvalue weighted by Gasteiger charge is 2.19. The van der Waals surface area contributed by atoms with E-state index in [-0.39, 0.29) is 18.7 Å². The van der Waals surface area contributed by atoms with Gasteiger partial charge in [-0.15, -0.1) is 0 Å². The molecule has 4 rings (SSSR count). The normalized spacial score (nSPS) is 15.1. The third-order valence-electron chi connectivity index (χ3n) is 5.88. The predicted molar refractivity (Wildman–Crippen MR) is 127 cm³/mol. The molecule has 1 aliphatic heterocycles. The van der Waals surface area contributed by atoms with E-state index >= 15 is 0 Å². The Morgan fingerprint density at radius 3 is 2.03 bits per heavy atom. The molecule has 6 heteroatoms. The molecular weight excluding hydrogens is 416 g/mol. The van der Waals surface area contributed by atoms with Gasteiger partial charge in [-0.05, 0) is 23.3 Å². The maximum absolute atomic E-state index is 10.9. The zero-order chi connectivity index (χ0) is 22.9. The second-order valence-electron chi connectivity index (χ2n) is 8.34. The van der Waals surface area contributed by atoms with Crippen molar-refractivity contribution in [3.05, 3.63) is 95.4 Å². The third kappa shape index (κ3) is 7.02. The molecule has 1 aliphatic rings. The zero-order valence-electron chi connectivity index (χ0n) is 19.2. The van der Waals surface area contributed by atoms with Crippen LogP contribution in [-0.4, -0.2) is 55.1 Å².